The predicted octanol–water partition coefficient (Wildman–Crippen LogP) is 2.01. The van der Waals surface area contributed by atoms with Gasteiger partial charge in [-0.1, -0.05) is 38.1 Å². The summed E-state index contributed by atoms with van der Waals surface area (Å²) in [6.07, 6.45) is 3.72. The van der Waals surface area contributed by atoms with Gasteiger partial charge < -0.3 is 5.11 Å². The van der Waals surface area contributed by atoms with Gasteiger partial charge in [0, 0.05) is 0 Å². The highest BCUT2D eigenvalue weighted by molar-refractivity contribution is 5.88. The van der Waals surface area contributed by atoms with Gasteiger partial charge in [-0.25, -0.2) is 4.79 Å². The van der Waals surface area contributed by atoms with Gasteiger partial charge in [-0.05, 0) is 30.4 Å². The van der Waals surface area contributed by atoms with E-state index in [1.807, 2.05) is 45.9 Å². The molecule has 1 rings (SSSR count). The van der Waals surface area contributed by atoms with Crippen molar-refractivity contribution in [3.8, 4) is 0 Å². The van der Waals surface area contributed by atoms with Crippen LogP contribution in [0.5, 0.6) is 0 Å². The summed E-state index contributed by atoms with van der Waals surface area (Å²) in [5.74, 6) is -0.878. The van der Waals surface area contributed by atoms with Crippen LogP contribution in [0.2, 0.25) is 0 Å². The van der Waals surface area contributed by atoms with E-state index in [2.05, 4.69) is 0 Å². The third-order valence-electron chi connectivity index (χ3n) is 1.97. The zero-order valence-electron chi connectivity index (χ0n) is 9.74. The molecule has 0 heterocycles. The first kappa shape index (κ1) is 13.4. The number of rotatable bonds is 1. The highest BCUT2D eigenvalue weighted by atomic mass is 16.4. The molecule has 0 unspecified atom stereocenters. The molecule has 0 radical (unpaired) electrons. The number of carbonyl (C=O) groups is 1. The van der Waals surface area contributed by atoms with E-state index < -0.39 is 5.97 Å². The molecular formula is C13H18O2. The second-order valence-electron chi connectivity index (χ2n) is 2.69. The van der Waals surface area contributed by atoms with Crippen molar-refractivity contribution in [2.75, 3.05) is 0 Å². The van der Waals surface area contributed by atoms with Crippen LogP contribution in [-0.2, 0) is 0 Å². The fourth-order valence-electron chi connectivity index (χ4n) is 1.34. The Kier molecular flexibility index (Phi) is 6.11. The van der Waals surface area contributed by atoms with Crippen molar-refractivity contribution in [2.24, 2.45) is 0 Å². The molecule has 0 atom stereocenters. The van der Waals surface area contributed by atoms with E-state index in [-0.39, 0.29) is 0 Å². The Morgan fingerprint density at radius 3 is 2.20 bits per heavy atom. The Morgan fingerprint density at radius 2 is 1.80 bits per heavy atom. The molecule has 2 nitrogen and oxygen atoms in total. The number of carboxylic acid groups (broad SMARTS) is 1. The average Bonchev–Trinajstić information content (AvgIpc) is 2.30. The molecule has 0 aromatic heterocycles. The van der Waals surface area contributed by atoms with Gasteiger partial charge in [-0.2, -0.15) is 0 Å². The Labute approximate surface area is 90.6 Å². The van der Waals surface area contributed by atoms with Crippen LogP contribution in [0, 0.1) is 0 Å². The van der Waals surface area contributed by atoms with Crippen molar-refractivity contribution >= 4 is 18.1 Å². The molecule has 2 heteroatoms. The predicted molar refractivity (Wildman–Crippen MR) is 64.3 cm³/mol. The minimum atomic E-state index is -0.878. The molecule has 0 fully saturated rings. The molecule has 0 aliphatic rings. The molecule has 1 aromatic rings. The molecular weight excluding hydrogens is 188 g/mol. The SMILES string of the molecule is C/C=c1/cccc(C(=O)O)/c1=C/C.CC. The summed E-state index contributed by atoms with van der Waals surface area (Å²) in [5, 5.41) is 10.6. The molecule has 0 aliphatic heterocycles. The third kappa shape index (κ3) is 3.24. The summed E-state index contributed by atoms with van der Waals surface area (Å²) in [7, 11) is 0. The lowest BCUT2D eigenvalue weighted by Crippen LogP contribution is -2.30. The van der Waals surface area contributed by atoms with Crippen LogP contribution >= 0.6 is 0 Å². The zero-order valence-corrected chi connectivity index (χ0v) is 9.74. The lowest BCUT2D eigenvalue weighted by Gasteiger charge is -1.96. The minimum absolute atomic E-state index is 0.359. The molecule has 1 N–H and O–H groups in total. The maximum atomic E-state index is 10.8. The van der Waals surface area contributed by atoms with Crippen molar-refractivity contribution in [3.63, 3.8) is 0 Å². The molecule has 82 valence electrons. The number of benzene rings is 1. The summed E-state index contributed by atoms with van der Waals surface area (Å²) < 4.78 is 0. The van der Waals surface area contributed by atoms with E-state index in [9.17, 15) is 4.79 Å². The normalized spacial score (nSPS) is 12.0. The summed E-state index contributed by atoms with van der Waals surface area (Å²) in [6.45, 7) is 7.74. The van der Waals surface area contributed by atoms with Gasteiger partial charge in [0.1, 0.15) is 0 Å². The molecule has 0 amide bonds. The first-order valence-electron chi connectivity index (χ1n) is 5.15. The topological polar surface area (TPSA) is 37.3 Å². The number of hydrogen-bond acceptors (Lipinski definition) is 1. The van der Waals surface area contributed by atoms with Gasteiger partial charge in [-0.3, -0.25) is 0 Å². The van der Waals surface area contributed by atoms with Gasteiger partial charge in [0.2, 0.25) is 0 Å². The highest BCUT2D eigenvalue weighted by Crippen LogP contribution is 1.88. The van der Waals surface area contributed by atoms with Gasteiger partial charge in [0.25, 0.3) is 0 Å². The van der Waals surface area contributed by atoms with Crippen LogP contribution in [0.4, 0.5) is 0 Å². The van der Waals surface area contributed by atoms with Crippen molar-refractivity contribution in [1.29, 1.82) is 0 Å². The molecule has 0 aliphatic carbocycles. The molecule has 15 heavy (non-hydrogen) atoms. The Bertz CT molecular complexity index is 430. The fourth-order valence-corrected chi connectivity index (χ4v) is 1.34. The monoisotopic (exact) mass is 206 g/mol. The summed E-state index contributed by atoms with van der Waals surface area (Å²) >= 11 is 0. The summed E-state index contributed by atoms with van der Waals surface area (Å²) in [6, 6.07) is 5.28. The van der Waals surface area contributed by atoms with E-state index in [0.717, 1.165) is 10.4 Å². The van der Waals surface area contributed by atoms with Crippen molar-refractivity contribution in [1.82, 2.24) is 0 Å². The number of aromatic carboxylic acids is 1. The first-order chi connectivity index (χ1) is 7.20. The lowest BCUT2D eigenvalue weighted by atomic mass is 10.1. The van der Waals surface area contributed by atoms with E-state index in [1.54, 1.807) is 12.1 Å². The molecule has 0 bridgehead atoms. The Balaban J connectivity index is 0.000000921. The quantitative estimate of drug-likeness (QED) is 0.763. The first-order valence-corrected chi connectivity index (χ1v) is 5.15. The molecule has 1 aromatic carbocycles. The van der Waals surface area contributed by atoms with Crippen LogP contribution < -0.4 is 10.4 Å². The average molecular weight is 206 g/mol. The van der Waals surface area contributed by atoms with Crippen molar-refractivity contribution in [2.45, 2.75) is 27.7 Å². The standard InChI is InChI=1S/C11H12O2.C2H6/c1-3-8-6-5-7-10(11(12)13)9(8)4-2;1-2/h3-7H,1-2H3,(H,12,13);1-2H3/b8-3-,9-4+;. The number of carboxylic acids is 1. The van der Waals surface area contributed by atoms with Crippen LogP contribution in [0.25, 0.3) is 12.2 Å². The maximum absolute atomic E-state index is 10.8. The van der Waals surface area contributed by atoms with E-state index in [4.69, 9.17) is 5.11 Å². The van der Waals surface area contributed by atoms with Crippen LogP contribution in [0.3, 0.4) is 0 Å². The summed E-state index contributed by atoms with van der Waals surface area (Å²) in [4.78, 5) is 10.8. The van der Waals surface area contributed by atoms with Gasteiger partial charge in [-0.15, -0.1) is 0 Å². The second kappa shape index (κ2) is 6.82. The van der Waals surface area contributed by atoms with Crippen LogP contribution in [0.15, 0.2) is 18.2 Å². The highest BCUT2D eigenvalue weighted by Gasteiger charge is 2.02. The summed E-state index contributed by atoms with van der Waals surface area (Å²) in [5.41, 5.74) is 0.359. The van der Waals surface area contributed by atoms with Gasteiger partial charge >= 0.3 is 5.97 Å². The van der Waals surface area contributed by atoms with E-state index in [1.165, 1.54) is 0 Å². The van der Waals surface area contributed by atoms with E-state index in [0.29, 0.717) is 5.56 Å². The van der Waals surface area contributed by atoms with Crippen LogP contribution in [0.1, 0.15) is 38.1 Å². The van der Waals surface area contributed by atoms with Crippen LogP contribution in [-0.4, -0.2) is 11.1 Å². The molecule has 0 saturated carbocycles. The largest absolute Gasteiger partial charge is 0.478 e. The fraction of sp³-hybridized carbons (Fsp3) is 0.308. The van der Waals surface area contributed by atoms with Gasteiger partial charge in [0.15, 0.2) is 0 Å². The maximum Gasteiger partial charge on any atom is 0.336 e. The minimum Gasteiger partial charge on any atom is -0.478 e. The molecule has 0 saturated heterocycles. The molecule has 0 spiro atoms. The second-order valence-corrected chi connectivity index (χ2v) is 2.69. The Hall–Kier alpha value is -1.57. The lowest BCUT2D eigenvalue weighted by molar-refractivity contribution is 0.0695. The third-order valence-corrected chi connectivity index (χ3v) is 1.97. The smallest absolute Gasteiger partial charge is 0.336 e. The number of hydrogen-bond donors (Lipinski definition) is 1. The van der Waals surface area contributed by atoms with Gasteiger partial charge in [0.05, 0.1) is 5.56 Å². The zero-order chi connectivity index (χ0) is 11.8. The van der Waals surface area contributed by atoms with Crippen molar-refractivity contribution in [3.05, 3.63) is 34.2 Å². The van der Waals surface area contributed by atoms with E-state index >= 15 is 0 Å². The Morgan fingerprint density at radius 1 is 1.20 bits per heavy atom. The van der Waals surface area contributed by atoms with Crippen molar-refractivity contribution < 1.29 is 9.90 Å².